The highest BCUT2D eigenvalue weighted by Gasteiger charge is 2.46. The number of rotatable bonds is 4. The summed E-state index contributed by atoms with van der Waals surface area (Å²) in [5.41, 5.74) is 0.770. The molecule has 4 amide bonds. The second-order valence-electron chi connectivity index (χ2n) is 7.94. The van der Waals surface area contributed by atoms with Gasteiger partial charge in [0, 0.05) is 19.0 Å². The number of hydrogen-bond donors (Lipinski definition) is 3. The molecule has 2 fully saturated rings. The van der Waals surface area contributed by atoms with E-state index in [2.05, 4.69) is 16.0 Å². The third-order valence-electron chi connectivity index (χ3n) is 5.93. The molecule has 8 nitrogen and oxygen atoms in total. The van der Waals surface area contributed by atoms with Crippen molar-refractivity contribution in [3.8, 4) is 0 Å². The average Bonchev–Trinajstić information content (AvgIpc) is 2.97. The lowest BCUT2D eigenvalue weighted by molar-refractivity contribution is -0.161. The van der Waals surface area contributed by atoms with Crippen molar-refractivity contribution in [3.05, 3.63) is 34.9 Å². The summed E-state index contributed by atoms with van der Waals surface area (Å²) < 4.78 is 39.0. The van der Waals surface area contributed by atoms with Crippen LogP contribution >= 0.6 is 0 Å². The van der Waals surface area contributed by atoms with Gasteiger partial charge in [-0.1, -0.05) is 12.1 Å². The zero-order valence-corrected chi connectivity index (χ0v) is 16.4. The summed E-state index contributed by atoms with van der Waals surface area (Å²) in [6.45, 7) is 0.329. The molecule has 3 aliphatic rings. The molecule has 1 aromatic carbocycles. The molecule has 3 atom stereocenters. The quantitative estimate of drug-likeness (QED) is 0.602. The fraction of sp³-hybridized carbons (Fsp3) is 0.500. The van der Waals surface area contributed by atoms with E-state index in [1.807, 2.05) is 0 Å². The number of halogens is 3. The van der Waals surface area contributed by atoms with E-state index in [1.165, 1.54) is 6.07 Å². The van der Waals surface area contributed by atoms with Gasteiger partial charge in [0.1, 0.15) is 12.1 Å². The predicted octanol–water partition coefficient (Wildman–Crippen LogP) is 0.860. The van der Waals surface area contributed by atoms with Crippen molar-refractivity contribution in [1.82, 2.24) is 20.9 Å². The topological polar surface area (TPSA) is 108 Å². The molecule has 0 aromatic heterocycles. The molecule has 3 N–H and O–H groups in total. The van der Waals surface area contributed by atoms with Crippen LogP contribution in [0.5, 0.6) is 0 Å². The van der Waals surface area contributed by atoms with E-state index in [0.29, 0.717) is 12.0 Å². The standard InChI is InChI=1S/C20H21F3N4O4/c21-20(22,23)14-8-11(6-7-24-14)25-9-10-2-1-3-12-16(10)19(31)27(18(12)30)13-4-5-15(28)26-17(13)29/h1-3,11,13-14,24-25H,4-9H2,(H,26,28,29). The molecule has 0 bridgehead atoms. The van der Waals surface area contributed by atoms with Crippen LogP contribution in [0.3, 0.4) is 0 Å². The van der Waals surface area contributed by atoms with Gasteiger partial charge in [-0.05, 0) is 37.4 Å². The Balaban J connectivity index is 1.50. The summed E-state index contributed by atoms with van der Waals surface area (Å²) in [6.07, 6.45) is -3.89. The third-order valence-corrected chi connectivity index (χ3v) is 5.93. The van der Waals surface area contributed by atoms with Crippen molar-refractivity contribution in [3.63, 3.8) is 0 Å². The Kier molecular flexibility index (Phi) is 5.56. The van der Waals surface area contributed by atoms with Crippen LogP contribution in [0, 0.1) is 0 Å². The molecule has 3 unspecified atom stereocenters. The minimum Gasteiger partial charge on any atom is -0.310 e. The van der Waals surface area contributed by atoms with Crippen LogP contribution in [-0.2, 0) is 16.1 Å². The second-order valence-corrected chi connectivity index (χ2v) is 7.94. The van der Waals surface area contributed by atoms with Gasteiger partial charge < -0.3 is 10.6 Å². The Bertz CT molecular complexity index is 949. The first-order valence-corrected chi connectivity index (χ1v) is 10.0. The summed E-state index contributed by atoms with van der Waals surface area (Å²) in [7, 11) is 0. The Labute approximate surface area is 175 Å². The lowest BCUT2D eigenvalue weighted by atomic mass is 9.97. The van der Waals surface area contributed by atoms with Gasteiger partial charge >= 0.3 is 6.18 Å². The highest BCUT2D eigenvalue weighted by Crippen LogP contribution is 2.30. The van der Waals surface area contributed by atoms with Gasteiger partial charge in [0.25, 0.3) is 11.8 Å². The smallest absolute Gasteiger partial charge is 0.310 e. The van der Waals surface area contributed by atoms with E-state index in [0.717, 1.165) is 4.90 Å². The van der Waals surface area contributed by atoms with Crippen LogP contribution < -0.4 is 16.0 Å². The van der Waals surface area contributed by atoms with Crippen molar-refractivity contribution < 1.29 is 32.3 Å². The number of amides is 4. The van der Waals surface area contributed by atoms with E-state index in [1.54, 1.807) is 12.1 Å². The Morgan fingerprint density at radius 3 is 2.58 bits per heavy atom. The number of hydrogen-bond acceptors (Lipinski definition) is 6. The first-order chi connectivity index (χ1) is 14.7. The number of piperidine rings is 2. The van der Waals surface area contributed by atoms with Crippen LogP contribution in [0.2, 0.25) is 0 Å². The van der Waals surface area contributed by atoms with E-state index >= 15 is 0 Å². The van der Waals surface area contributed by atoms with Gasteiger partial charge in [0.05, 0.1) is 11.1 Å². The highest BCUT2D eigenvalue weighted by molar-refractivity contribution is 6.24. The maximum Gasteiger partial charge on any atom is 0.403 e. The maximum atomic E-state index is 13.0. The van der Waals surface area contributed by atoms with Crippen molar-refractivity contribution in [2.75, 3.05) is 6.54 Å². The van der Waals surface area contributed by atoms with Crippen molar-refractivity contribution in [2.45, 2.75) is 56.5 Å². The lowest BCUT2D eigenvalue weighted by Crippen LogP contribution is -2.54. The summed E-state index contributed by atoms with van der Waals surface area (Å²) in [4.78, 5) is 50.3. The Morgan fingerprint density at radius 2 is 1.87 bits per heavy atom. The number of nitrogens with zero attached hydrogens (tertiary/aromatic N) is 1. The van der Waals surface area contributed by atoms with Crippen LogP contribution in [0.25, 0.3) is 0 Å². The van der Waals surface area contributed by atoms with Gasteiger partial charge in [-0.25, -0.2) is 0 Å². The highest BCUT2D eigenvalue weighted by atomic mass is 19.4. The summed E-state index contributed by atoms with van der Waals surface area (Å²) in [5, 5.41) is 7.67. The van der Waals surface area contributed by atoms with Crippen LogP contribution in [-0.4, -0.2) is 59.4 Å². The van der Waals surface area contributed by atoms with E-state index < -0.39 is 47.9 Å². The van der Waals surface area contributed by atoms with Crippen molar-refractivity contribution in [2.24, 2.45) is 0 Å². The van der Waals surface area contributed by atoms with Crippen molar-refractivity contribution in [1.29, 1.82) is 0 Å². The molecule has 4 rings (SSSR count). The number of carbonyl (C=O) groups excluding carboxylic acids is 4. The summed E-state index contributed by atoms with van der Waals surface area (Å²) in [6, 6.07) is 1.65. The number of fused-ring (bicyclic) bond motifs is 1. The molecule has 3 heterocycles. The van der Waals surface area contributed by atoms with Crippen LogP contribution in [0.1, 0.15) is 52.0 Å². The molecule has 3 aliphatic heterocycles. The summed E-state index contributed by atoms with van der Waals surface area (Å²) in [5.74, 6) is -2.40. The molecule has 2 saturated heterocycles. The van der Waals surface area contributed by atoms with E-state index in [-0.39, 0.29) is 43.5 Å². The first-order valence-electron chi connectivity index (χ1n) is 10.0. The molecule has 0 aliphatic carbocycles. The Morgan fingerprint density at radius 1 is 1.10 bits per heavy atom. The normalized spacial score (nSPS) is 26.8. The fourth-order valence-corrected chi connectivity index (χ4v) is 4.34. The maximum absolute atomic E-state index is 13.0. The third kappa shape index (κ3) is 4.07. The molecular formula is C20H21F3N4O4. The molecule has 166 valence electrons. The van der Waals surface area contributed by atoms with Crippen LogP contribution in [0.15, 0.2) is 18.2 Å². The molecule has 11 heteroatoms. The molecule has 1 aromatic rings. The lowest BCUT2D eigenvalue weighted by Gasteiger charge is -2.32. The van der Waals surface area contributed by atoms with Gasteiger partial charge in [-0.3, -0.25) is 29.4 Å². The SMILES string of the molecule is O=C1CCC(N2C(=O)c3cccc(CNC4CCNC(C(F)(F)F)C4)c3C2=O)C(=O)N1. The average molecular weight is 438 g/mol. The second kappa shape index (κ2) is 8.04. The molecule has 0 spiro atoms. The zero-order valence-electron chi connectivity index (χ0n) is 16.4. The number of nitrogens with one attached hydrogen (secondary N) is 3. The minimum atomic E-state index is -4.33. The number of alkyl halides is 3. The first kappa shape index (κ1) is 21.4. The predicted molar refractivity (Wildman–Crippen MR) is 101 cm³/mol. The molecule has 31 heavy (non-hydrogen) atoms. The molecule has 0 radical (unpaired) electrons. The summed E-state index contributed by atoms with van der Waals surface area (Å²) >= 11 is 0. The van der Waals surface area contributed by atoms with Gasteiger partial charge in [-0.15, -0.1) is 0 Å². The molecular weight excluding hydrogens is 417 g/mol. The Hall–Kier alpha value is -2.79. The van der Waals surface area contributed by atoms with E-state index in [9.17, 15) is 32.3 Å². The number of benzene rings is 1. The fourth-order valence-electron chi connectivity index (χ4n) is 4.34. The largest absolute Gasteiger partial charge is 0.403 e. The molecule has 0 saturated carbocycles. The van der Waals surface area contributed by atoms with Gasteiger partial charge in [0.15, 0.2) is 0 Å². The monoisotopic (exact) mass is 438 g/mol. The van der Waals surface area contributed by atoms with Crippen molar-refractivity contribution >= 4 is 23.6 Å². The number of imide groups is 2. The van der Waals surface area contributed by atoms with Crippen LogP contribution in [0.4, 0.5) is 13.2 Å². The van der Waals surface area contributed by atoms with E-state index in [4.69, 9.17) is 0 Å². The number of carbonyl (C=O) groups is 4. The minimum absolute atomic E-state index is 0.0221. The van der Waals surface area contributed by atoms with Gasteiger partial charge in [0.2, 0.25) is 11.8 Å². The van der Waals surface area contributed by atoms with Gasteiger partial charge in [-0.2, -0.15) is 13.2 Å². The zero-order chi connectivity index (χ0) is 22.3.